The Morgan fingerprint density at radius 1 is 1.08 bits per heavy atom. The van der Waals surface area contributed by atoms with Crippen LogP contribution in [0, 0.1) is 0 Å². The maximum atomic E-state index is 12.2. The Morgan fingerprint density at radius 2 is 1.67 bits per heavy atom. The summed E-state index contributed by atoms with van der Waals surface area (Å²) >= 11 is 0. The first-order valence-electron chi connectivity index (χ1n) is 8.69. The molecular weight excluding hydrogens is 306 g/mol. The zero-order chi connectivity index (χ0) is 17.4. The van der Waals surface area contributed by atoms with E-state index in [4.69, 9.17) is 5.73 Å². The van der Waals surface area contributed by atoms with E-state index in [1.165, 1.54) is 19.3 Å². The highest BCUT2D eigenvalue weighted by Crippen LogP contribution is 2.17. The fraction of sp³-hybridized carbons (Fsp3) is 0.556. The van der Waals surface area contributed by atoms with Crippen LogP contribution in [0.3, 0.4) is 0 Å². The summed E-state index contributed by atoms with van der Waals surface area (Å²) in [6.07, 6.45) is 8.20. The van der Waals surface area contributed by atoms with E-state index in [0.717, 1.165) is 31.2 Å². The first-order valence-corrected chi connectivity index (χ1v) is 8.69. The second-order valence-electron chi connectivity index (χ2n) is 6.49. The first-order chi connectivity index (χ1) is 11.5. The lowest BCUT2D eigenvalue weighted by molar-refractivity contribution is -0.119. The van der Waals surface area contributed by atoms with Crippen LogP contribution in [0.1, 0.15) is 50.5 Å². The number of phenols is 1. The fourth-order valence-electron chi connectivity index (χ4n) is 3.08. The minimum absolute atomic E-state index is 0.157. The van der Waals surface area contributed by atoms with Crippen molar-refractivity contribution in [2.45, 2.75) is 63.5 Å². The Balaban J connectivity index is 1.87. The summed E-state index contributed by atoms with van der Waals surface area (Å²) in [7, 11) is 0. The zero-order valence-electron chi connectivity index (χ0n) is 14.0. The van der Waals surface area contributed by atoms with E-state index in [1.807, 2.05) is 0 Å². The molecule has 2 rings (SSSR count). The molecule has 132 valence electrons. The fourth-order valence-corrected chi connectivity index (χ4v) is 3.08. The van der Waals surface area contributed by atoms with Gasteiger partial charge in [0, 0.05) is 12.5 Å². The lowest BCUT2D eigenvalue weighted by Gasteiger charge is -2.23. The molecule has 1 aromatic carbocycles. The predicted molar refractivity (Wildman–Crippen MR) is 92.6 cm³/mol. The number of benzene rings is 1. The van der Waals surface area contributed by atoms with Gasteiger partial charge in [0.05, 0.1) is 0 Å². The largest absolute Gasteiger partial charge is 0.508 e. The molecule has 0 saturated heterocycles. The number of nitrogens with one attached hydrogen (secondary N) is 2. The molecule has 1 fully saturated rings. The van der Waals surface area contributed by atoms with Crippen molar-refractivity contribution in [2.75, 3.05) is 0 Å². The number of amides is 3. The normalized spacial score (nSPS) is 17.3. The number of primary amides is 1. The highest BCUT2D eigenvalue weighted by Gasteiger charge is 2.20. The lowest BCUT2D eigenvalue weighted by Crippen LogP contribution is -2.51. The number of phenolic OH excluding ortho intramolecular Hbond substituents is 1. The quantitative estimate of drug-likeness (QED) is 0.664. The van der Waals surface area contributed by atoms with E-state index in [-0.39, 0.29) is 17.8 Å². The van der Waals surface area contributed by atoms with Crippen molar-refractivity contribution in [3.05, 3.63) is 29.8 Å². The van der Waals surface area contributed by atoms with E-state index in [9.17, 15) is 14.7 Å². The molecule has 6 nitrogen and oxygen atoms in total. The predicted octanol–water partition coefficient (Wildman–Crippen LogP) is 2.20. The summed E-state index contributed by atoms with van der Waals surface area (Å²) < 4.78 is 0. The molecule has 0 spiro atoms. The standard InChI is InChI=1S/C18H27N3O3/c19-17(23)16(12-13-8-10-15(22)11-9-13)21-18(24)20-14-6-4-2-1-3-5-7-14/h8-11,14,16,22H,1-7,12H2,(H2,19,23)(H2,20,21,24)/t16-/m0/s1. The summed E-state index contributed by atoms with van der Waals surface area (Å²) in [5.74, 6) is -0.416. The molecule has 0 bridgehead atoms. The smallest absolute Gasteiger partial charge is 0.315 e. The van der Waals surface area contributed by atoms with Gasteiger partial charge in [-0.2, -0.15) is 0 Å². The van der Waals surface area contributed by atoms with Crippen molar-refractivity contribution in [2.24, 2.45) is 5.73 Å². The van der Waals surface area contributed by atoms with E-state index < -0.39 is 11.9 Å². The van der Waals surface area contributed by atoms with Gasteiger partial charge in [-0.25, -0.2) is 4.79 Å². The summed E-state index contributed by atoms with van der Waals surface area (Å²) in [5.41, 5.74) is 6.23. The van der Waals surface area contributed by atoms with Crippen molar-refractivity contribution in [3.63, 3.8) is 0 Å². The van der Waals surface area contributed by atoms with Crippen molar-refractivity contribution in [1.29, 1.82) is 0 Å². The molecule has 0 heterocycles. The summed E-state index contributed by atoms with van der Waals surface area (Å²) in [6.45, 7) is 0. The summed E-state index contributed by atoms with van der Waals surface area (Å²) in [4.78, 5) is 23.8. The monoisotopic (exact) mass is 333 g/mol. The Kier molecular flexibility index (Phi) is 6.90. The number of hydrogen-bond acceptors (Lipinski definition) is 3. The maximum absolute atomic E-state index is 12.2. The maximum Gasteiger partial charge on any atom is 0.315 e. The molecular formula is C18H27N3O3. The molecule has 6 heteroatoms. The molecule has 0 aromatic heterocycles. The molecule has 1 atom stereocenters. The van der Waals surface area contributed by atoms with Crippen molar-refractivity contribution in [1.82, 2.24) is 10.6 Å². The third-order valence-electron chi connectivity index (χ3n) is 4.47. The number of carbonyl (C=O) groups is 2. The highest BCUT2D eigenvalue weighted by molar-refractivity contribution is 5.86. The number of carbonyl (C=O) groups excluding carboxylic acids is 2. The van der Waals surface area contributed by atoms with Gasteiger partial charge < -0.3 is 21.5 Å². The molecule has 24 heavy (non-hydrogen) atoms. The topological polar surface area (TPSA) is 104 Å². The van der Waals surface area contributed by atoms with Gasteiger partial charge in [-0.15, -0.1) is 0 Å². The average molecular weight is 333 g/mol. The number of nitrogens with two attached hydrogens (primary N) is 1. The van der Waals surface area contributed by atoms with Crippen LogP contribution in [0.15, 0.2) is 24.3 Å². The zero-order valence-corrected chi connectivity index (χ0v) is 14.0. The number of aromatic hydroxyl groups is 1. The van der Waals surface area contributed by atoms with Crippen LogP contribution in [0.4, 0.5) is 4.79 Å². The van der Waals surface area contributed by atoms with E-state index in [0.29, 0.717) is 6.42 Å². The Hall–Kier alpha value is -2.24. The van der Waals surface area contributed by atoms with Gasteiger partial charge in [-0.3, -0.25) is 4.79 Å². The molecule has 1 aromatic rings. The SMILES string of the molecule is NC(=O)[C@H](Cc1ccc(O)cc1)NC(=O)NC1CCCCCCC1. The number of urea groups is 1. The first kappa shape index (κ1) is 18.1. The second kappa shape index (κ2) is 9.15. The van der Waals surface area contributed by atoms with Gasteiger partial charge in [-0.05, 0) is 30.5 Å². The van der Waals surface area contributed by atoms with E-state index in [1.54, 1.807) is 24.3 Å². The van der Waals surface area contributed by atoms with Crippen LogP contribution in [0.5, 0.6) is 5.75 Å². The highest BCUT2D eigenvalue weighted by atomic mass is 16.3. The van der Waals surface area contributed by atoms with Crippen LogP contribution in [0.2, 0.25) is 0 Å². The Labute approximate surface area is 142 Å². The third kappa shape index (κ3) is 6.10. The second-order valence-corrected chi connectivity index (χ2v) is 6.49. The minimum atomic E-state index is -0.775. The van der Waals surface area contributed by atoms with Crippen molar-refractivity contribution in [3.8, 4) is 5.75 Å². The van der Waals surface area contributed by atoms with Gasteiger partial charge in [-0.1, -0.05) is 44.2 Å². The van der Waals surface area contributed by atoms with Crippen molar-refractivity contribution < 1.29 is 14.7 Å². The Morgan fingerprint density at radius 3 is 2.25 bits per heavy atom. The summed E-state index contributed by atoms with van der Waals surface area (Å²) in [6, 6.07) is 5.54. The molecule has 5 N–H and O–H groups in total. The van der Waals surface area contributed by atoms with Crippen molar-refractivity contribution >= 4 is 11.9 Å². The number of hydrogen-bond donors (Lipinski definition) is 4. The molecule has 3 amide bonds. The third-order valence-corrected chi connectivity index (χ3v) is 4.47. The van der Waals surface area contributed by atoms with Crippen LogP contribution >= 0.6 is 0 Å². The van der Waals surface area contributed by atoms with E-state index >= 15 is 0 Å². The van der Waals surface area contributed by atoms with E-state index in [2.05, 4.69) is 10.6 Å². The summed E-state index contributed by atoms with van der Waals surface area (Å²) in [5, 5.41) is 14.9. The minimum Gasteiger partial charge on any atom is -0.508 e. The molecule has 1 aliphatic carbocycles. The molecule has 0 radical (unpaired) electrons. The molecule has 1 aliphatic rings. The van der Waals surface area contributed by atoms with Gasteiger partial charge in [0.2, 0.25) is 5.91 Å². The van der Waals surface area contributed by atoms with Gasteiger partial charge in [0.15, 0.2) is 0 Å². The molecule has 0 unspecified atom stereocenters. The molecule has 0 aliphatic heterocycles. The van der Waals surface area contributed by atoms with Crippen LogP contribution in [0.25, 0.3) is 0 Å². The molecule has 1 saturated carbocycles. The average Bonchev–Trinajstić information content (AvgIpc) is 2.51. The van der Waals surface area contributed by atoms with Crippen LogP contribution in [-0.4, -0.2) is 29.1 Å². The van der Waals surface area contributed by atoms with Gasteiger partial charge >= 0.3 is 6.03 Å². The number of rotatable bonds is 5. The van der Waals surface area contributed by atoms with Crippen LogP contribution in [-0.2, 0) is 11.2 Å². The van der Waals surface area contributed by atoms with Gasteiger partial charge in [0.1, 0.15) is 11.8 Å². The lowest BCUT2D eigenvalue weighted by atomic mass is 9.97. The Bertz CT molecular complexity index is 537. The van der Waals surface area contributed by atoms with Gasteiger partial charge in [0.25, 0.3) is 0 Å². The van der Waals surface area contributed by atoms with Crippen LogP contribution < -0.4 is 16.4 Å².